The highest BCUT2D eigenvalue weighted by molar-refractivity contribution is 5.37. The summed E-state index contributed by atoms with van der Waals surface area (Å²) in [6.07, 6.45) is 11.1. The molecule has 2 aliphatic rings. The molecule has 1 aliphatic heterocycles. The second-order valence-electron chi connectivity index (χ2n) is 2.66. The van der Waals surface area contributed by atoms with Gasteiger partial charge < -0.3 is 5.32 Å². The summed E-state index contributed by atoms with van der Waals surface area (Å²) in [6.45, 7) is 1.11. The molecule has 0 unspecified atom stereocenters. The van der Waals surface area contributed by atoms with Crippen molar-refractivity contribution in [3.05, 3.63) is 35.6 Å². The third-order valence-electron chi connectivity index (χ3n) is 1.93. The fourth-order valence-electron chi connectivity index (χ4n) is 1.39. The van der Waals surface area contributed by atoms with Gasteiger partial charge in [0, 0.05) is 12.2 Å². The van der Waals surface area contributed by atoms with Crippen molar-refractivity contribution in [2.45, 2.75) is 12.8 Å². The second-order valence-corrected chi connectivity index (χ2v) is 2.66. The molecule has 0 bridgehead atoms. The van der Waals surface area contributed by atoms with E-state index in [-0.39, 0.29) is 0 Å². The molecule has 0 aromatic rings. The van der Waals surface area contributed by atoms with E-state index in [0.717, 1.165) is 13.0 Å². The zero-order chi connectivity index (χ0) is 6.81. The van der Waals surface area contributed by atoms with Crippen LogP contribution >= 0.6 is 0 Å². The number of nitrogens with one attached hydrogen (secondary N) is 1. The molecule has 0 saturated heterocycles. The van der Waals surface area contributed by atoms with E-state index in [1.165, 1.54) is 17.7 Å². The summed E-state index contributed by atoms with van der Waals surface area (Å²) < 4.78 is 0. The topological polar surface area (TPSA) is 12.0 Å². The molecule has 0 saturated carbocycles. The predicted octanol–water partition coefficient (Wildman–Crippen LogP) is 1.75. The van der Waals surface area contributed by atoms with Gasteiger partial charge in [-0.25, -0.2) is 0 Å². The van der Waals surface area contributed by atoms with Crippen molar-refractivity contribution in [2.75, 3.05) is 6.54 Å². The molecule has 1 heterocycles. The van der Waals surface area contributed by atoms with Crippen LogP contribution in [0.2, 0.25) is 0 Å². The largest absolute Gasteiger partial charge is 0.384 e. The second kappa shape index (κ2) is 2.33. The molecule has 0 spiro atoms. The zero-order valence-corrected chi connectivity index (χ0v) is 5.93. The minimum Gasteiger partial charge on any atom is -0.384 e. The first kappa shape index (κ1) is 5.78. The molecular weight excluding hydrogens is 122 g/mol. The molecule has 0 atom stereocenters. The smallest absolute Gasteiger partial charge is 0.0370 e. The standard InChI is InChI=1S/C9H11N/c1-2-4-8-6-7-10-9(8)5-3-1/h2-5,10H,1,6-7H2. The molecular formula is C9H11N. The van der Waals surface area contributed by atoms with E-state index < -0.39 is 0 Å². The van der Waals surface area contributed by atoms with Crippen LogP contribution in [0.15, 0.2) is 35.6 Å². The van der Waals surface area contributed by atoms with E-state index in [4.69, 9.17) is 0 Å². The summed E-state index contributed by atoms with van der Waals surface area (Å²) in [5.41, 5.74) is 2.79. The van der Waals surface area contributed by atoms with Gasteiger partial charge in [-0.05, 0) is 24.5 Å². The molecule has 0 radical (unpaired) electrons. The molecule has 52 valence electrons. The van der Waals surface area contributed by atoms with Gasteiger partial charge in [-0.15, -0.1) is 0 Å². The summed E-state index contributed by atoms with van der Waals surface area (Å²) in [5.74, 6) is 0. The Morgan fingerprint density at radius 1 is 1.20 bits per heavy atom. The third-order valence-corrected chi connectivity index (χ3v) is 1.93. The zero-order valence-electron chi connectivity index (χ0n) is 5.93. The molecule has 2 rings (SSSR count). The van der Waals surface area contributed by atoms with Gasteiger partial charge in [-0.1, -0.05) is 18.2 Å². The van der Waals surface area contributed by atoms with Crippen molar-refractivity contribution in [3.63, 3.8) is 0 Å². The number of hydrogen-bond donors (Lipinski definition) is 1. The van der Waals surface area contributed by atoms with Crippen molar-refractivity contribution >= 4 is 0 Å². The van der Waals surface area contributed by atoms with Gasteiger partial charge in [0.15, 0.2) is 0 Å². The van der Waals surface area contributed by atoms with Crippen LogP contribution in [0, 0.1) is 0 Å². The van der Waals surface area contributed by atoms with Crippen molar-refractivity contribution in [2.24, 2.45) is 0 Å². The highest BCUT2D eigenvalue weighted by atomic mass is 14.9. The van der Waals surface area contributed by atoms with E-state index in [9.17, 15) is 0 Å². The maximum absolute atomic E-state index is 3.34. The maximum atomic E-state index is 3.34. The maximum Gasteiger partial charge on any atom is 0.0370 e. The summed E-state index contributed by atoms with van der Waals surface area (Å²) in [6, 6.07) is 0. The SMILES string of the molecule is C1=CC2=C(C=CC1)NCC2. The van der Waals surface area contributed by atoms with Crippen LogP contribution in [0.3, 0.4) is 0 Å². The molecule has 1 N–H and O–H groups in total. The van der Waals surface area contributed by atoms with Crippen LogP contribution in [-0.2, 0) is 0 Å². The molecule has 10 heavy (non-hydrogen) atoms. The lowest BCUT2D eigenvalue weighted by Gasteiger charge is -1.94. The summed E-state index contributed by atoms with van der Waals surface area (Å²) in [7, 11) is 0. The number of rotatable bonds is 0. The summed E-state index contributed by atoms with van der Waals surface area (Å²) in [4.78, 5) is 0. The Balaban J connectivity index is 2.34. The highest BCUT2D eigenvalue weighted by Gasteiger charge is 2.08. The third kappa shape index (κ3) is 0.878. The van der Waals surface area contributed by atoms with E-state index in [1.54, 1.807) is 0 Å². The molecule has 1 aliphatic carbocycles. The van der Waals surface area contributed by atoms with Crippen LogP contribution in [-0.4, -0.2) is 6.54 Å². The van der Waals surface area contributed by atoms with E-state index >= 15 is 0 Å². The minimum absolute atomic E-state index is 1.08. The van der Waals surface area contributed by atoms with E-state index in [0.29, 0.717) is 0 Å². The molecule has 0 aromatic heterocycles. The lowest BCUT2D eigenvalue weighted by atomic mass is 10.2. The first-order chi connectivity index (χ1) is 4.97. The summed E-state index contributed by atoms with van der Waals surface area (Å²) >= 11 is 0. The lowest BCUT2D eigenvalue weighted by molar-refractivity contribution is 0.887. The quantitative estimate of drug-likeness (QED) is 0.531. The van der Waals surface area contributed by atoms with Gasteiger partial charge in [0.05, 0.1) is 0 Å². The normalized spacial score (nSPS) is 22.4. The van der Waals surface area contributed by atoms with Crippen LogP contribution in [0.5, 0.6) is 0 Å². The molecule has 0 amide bonds. The average molecular weight is 133 g/mol. The van der Waals surface area contributed by atoms with Gasteiger partial charge in [0.1, 0.15) is 0 Å². The Labute approximate surface area is 61.1 Å². The van der Waals surface area contributed by atoms with Gasteiger partial charge in [0.25, 0.3) is 0 Å². The van der Waals surface area contributed by atoms with Gasteiger partial charge >= 0.3 is 0 Å². The average Bonchev–Trinajstić information content (AvgIpc) is 2.28. The Bertz CT molecular complexity index is 199. The molecule has 0 aromatic carbocycles. The van der Waals surface area contributed by atoms with Crippen molar-refractivity contribution in [1.29, 1.82) is 0 Å². The van der Waals surface area contributed by atoms with E-state index in [1.807, 2.05) is 0 Å². The monoisotopic (exact) mass is 133 g/mol. The Kier molecular flexibility index (Phi) is 1.35. The summed E-state index contributed by atoms with van der Waals surface area (Å²) in [5, 5.41) is 3.34. The van der Waals surface area contributed by atoms with Crippen molar-refractivity contribution in [1.82, 2.24) is 5.32 Å². The highest BCUT2D eigenvalue weighted by Crippen LogP contribution is 2.18. The van der Waals surface area contributed by atoms with Gasteiger partial charge in [0.2, 0.25) is 0 Å². The van der Waals surface area contributed by atoms with Crippen LogP contribution in [0.4, 0.5) is 0 Å². The first-order valence-electron chi connectivity index (χ1n) is 3.77. The van der Waals surface area contributed by atoms with E-state index in [2.05, 4.69) is 29.6 Å². The molecule has 1 nitrogen and oxygen atoms in total. The van der Waals surface area contributed by atoms with Crippen molar-refractivity contribution < 1.29 is 0 Å². The minimum atomic E-state index is 1.08. The Morgan fingerprint density at radius 2 is 2.10 bits per heavy atom. The van der Waals surface area contributed by atoms with Crippen LogP contribution in [0.25, 0.3) is 0 Å². The fourth-order valence-corrected chi connectivity index (χ4v) is 1.39. The first-order valence-corrected chi connectivity index (χ1v) is 3.77. The van der Waals surface area contributed by atoms with Crippen LogP contribution < -0.4 is 5.32 Å². The van der Waals surface area contributed by atoms with Crippen LogP contribution in [0.1, 0.15) is 12.8 Å². The molecule has 1 heteroatoms. The fraction of sp³-hybridized carbons (Fsp3) is 0.333. The Hall–Kier alpha value is -0.980. The predicted molar refractivity (Wildman–Crippen MR) is 42.5 cm³/mol. The Morgan fingerprint density at radius 3 is 3.10 bits per heavy atom. The lowest BCUT2D eigenvalue weighted by Crippen LogP contribution is -2.04. The number of allylic oxidation sites excluding steroid dienone is 4. The molecule has 0 fully saturated rings. The van der Waals surface area contributed by atoms with Gasteiger partial charge in [-0.2, -0.15) is 0 Å². The van der Waals surface area contributed by atoms with Crippen molar-refractivity contribution in [3.8, 4) is 0 Å². The number of hydrogen-bond acceptors (Lipinski definition) is 1. The van der Waals surface area contributed by atoms with Gasteiger partial charge in [-0.3, -0.25) is 0 Å².